The van der Waals surface area contributed by atoms with Crippen molar-refractivity contribution in [3.05, 3.63) is 24.3 Å². The highest BCUT2D eigenvalue weighted by Crippen LogP contribution is 2.70. The molecule has 6 nitrogen and oxygen atoms in total. The first kappa shape index (κ1) is 25.3. The Morgan fingerprint density at radius 2 is 1.94 bits per heavy atom. The number of hydrogen-bond acceptors (Lipinski definition) is 4. The number of aliphatic hydroxyl groups is 1. The van der Waals surface area contributed by atoms with Crippen LogP contribution in [0.3, 0.4) is 0 Å². The number of nitrogens with zero attached hydrogens (tertiary/aromatic N) is 1. The summed E-state index contributed by atoms with van der Waals surface area (Å²) in [6, 6.07) is 0. The Balaban J connectivity index is 1.38. The summed E-state index contributed by atoms with van der Waals surface area (Å²) in [5.41, 5.74) is 6.22. The zero-order chi connectivity index (χ0) is 24.2. The molecule has 4 aliphatic carbocycles. The molecule has 0 saturated heterocycles. The molecule has 4 rings (SSSR count). The fraction of sp³-hybridized carbons (Fsp3) is 0.786. The van der Waals surface area contributed by atoms with Gasteiger partial charge in [-0.15, -0.1) is 0 Å². The highest BCUT2D eigenvalue weighted by molar-refractivity contribution is 5.74. The maximum absolute atomic E-state index is 10.7. The number of nitrogens with two attached hydrogens (primary N) is 1. The van der Waals surface area contributed by atoms with Gasteiger partial charge >= 0.3 is 0 Å². The van der Waals surface area contributed by atoms with Crippen molar-refractivity contribution in [3.8, 4) is 0 Å². The van der Waals surface area contributed by atoms with E-state index in [1.165, 1.54) is 44.9 Å². The molecule has 34 heavy (non-hydrogen) atoms. The highest BCUT2D eigenvalue weighted by atomic mass is 16.6. The molecule has 0 spiro atoms. The van der Waals surface area contributed by atoms with Crippen molar-refractivity contribution in [2.24, 2.45) is 44.9 Å². The molecule has 7 atom stereocenters. The second-order valence-corrected chi connectivity index (χ2v) is 12.0. The van der Waals surface area contributed by atoms with E-state index in [1.54, 1.807) is 6.21 Å². The third kappa shape index (κ3) is 4.93. The summed E-state index contributed by atoms with van der Waals surface area (Å²) in [5.74, 6) is 2.58. The lowest BCUT2D eigenvalue weighted by Crippen LogP contribution is -2.58. The minimum atomic E-state index is -0.175. The molecule has 0 unspecified atom stereocenters. The molecule has 0 radical (unpaired) electrons. The Labute approximate surface area is 206 Å². The van der Waals surface area contributed by atoms with Gasteiger partial charge in [0.05, 0.1) is 12.3 Å². The van der Waals surface area contributed by atoms with Crippen LogP contribution in [0.1, 0.15) is 84.5 Å². The molecule has 5 N–H and O–H groups in total. The number of oxime groups is 1. The van der Waals surface area contributed by atoms with Crippen LogP contribution < -0.4 is 11.1 Å². The highest BCUT2D eigenvalue weighted by Gasteiger charge is 2.62. The molecular weight excluding hydrogens is 424 g/mol. The third-order valence-corrected chi connectivity index (χ3v) is 10.3. The van der Waals surface area contributed by atoms with Gasteiger partial charge in [-0.1, -0.05) is 43.7 Å². The van der Waals surface area contributed by atoms with Crippen molar-refractivity contribution in [2.45, 2.75) is 90.6 Å². The van der Waals surface area contributed by atoms with Crippen molar-refractivity contribution in [1.82, 2.24) is 5.32 Å². The van der Waals surface area contributed by atoms with E-state index in [2.05, 4.69) is 36.5 Å². The van der Waals surface area contributed by atoms with Crippen molar-refractivity contribution < 1.29 is 9.94 Å². The Kier molecular flexibility index (Phi) is 7.75. The van der Waals surface area contributed by atoms with Gasteiger partial charge in [0.2, 0.25) is 0 Å². The second-order valence-electron chi connectivity index (χ2n) is 12.0. The summed E-state index contributed by atoms with van der Waals surface area (Å²) in [7, 11) is 0. The van der Waals surface area contributed by atoms with Gasteiger partial charge < -0.3 is 21.0 Å². The normalized spacial score (nSPS) is 42.0. The fourth-order valence-corrected chi connectivity index (χ4v) is 8.50. The van der Waals surface area contributed by atoms with Crippen LogP contribution in [0.15, 0.2) is 29.5 Å². The Hall–Kier alpha value is -1.82. The molecule has 4 aliphatic rings. The maximum Gasteiger partial charge on any atom is 0.185 e. The van der Waals surface area contributed by atoms with Gasteiger partial charge in [0.1, 0.15) is 6.61 Å². The minimum absolute atomic E-state index is 0.0201. The van der Waals surface area contributed by atoms with Gasteiger partial charge in [0, 0.05) is 13.0 Å². The largest absolute Gasteiger partial charge is 0.396 e. The van der Waals surface area contributed by atoms with Gasteiger partial charge in [0.25, 0.3) is 0 Å². The lowest BCUT2D eigenvalue weighted by atomic mass is 9.40. The molecule has 0 aliphatic heterocycles. The van der Waals surface area contributed by atoms with Crippen LogP contribution in [0.5, 0.6) is 0 Å². The van der Waals surface area contributed by atoms with Gasteiger partial charge in [-0.05, 0) is 97.9 Å². The predicted molar refractivity (Wildman–Crippen MR) is 139 cm³/mol. The number of aliphatic hydroxyl groups excluding tert-OH is 1. The Bertz CT molecular complexity index is 810. The summed E-state index contributed by atoms with van der Waals surface area (Å²) in [5, 5.41) is 24.5. The first-order chi connectivity index (χ1) is 16.3. The van der Waals surface area contributed by atoms with Crippen LogP contribution >= 0.6 is 0 Å². The molecule has 0 aromatic heterocycles. The lowest BCUT2D eigenvalue weighted by Gasteiger charge is -2.65. The van der Waals surface area contributed by atoms with E-state index >= 15 is 0 Å². The number of allylic oxidation sites excluding steroid dienone is 4. The molecule has 0 heterocycles. The molecule has 0 amide bonds. The van der Waals surface area contributed by atoms with Crippen LogP contribution in [0.25, 0.3) is 0 Å². The third-order valence-electron chi connectivity index (χ3n) is 10.3. The van der Waals surface area contributed by atoms with Gasteiger partial charge in [-0.3, -0.25) is 5.41 Å². The number of rotatable bonds is 8. The molecular formula is C28H46N4O2. The average Bonchev–Trinajstić information content (AvgIpc) is 3.20. The van der Waals surface area contributed by atoms with Crippen molar-refractivity contribution in [1.29, 1.82) is 5.41 Å². The molecule has 0 bridgehead atoms. The summed E-state index contributed by atoms with van der Waals surface area (Å²) in [6.45, 7) is 6.24. The molecule has 4 fully saturated rings. The van der Waals surface area contributed by atoms with Crippen LogP contribution in [-0.2, 0) is 4.84 Å². The minimum Gasteiger partial charge on any atom is -0.396 e. The Morgan fingerprint density at radius 1 is 1.09 bits per heavy atom. The molecule has 0 aromatic carbocycles. The number of nitrogens with one attached hydrogen (secondary N) is 2. The SMILES string of the molecule is C[C@@]12CCC[C@H]1[C@@H]1CC[C@]3(/C=C/C=C/C=N/OCCCNC(=N)N)C[C@@H](O)CC[C@]3(C)[C@H]1CC2. The average molecular weight is 471 g/mol. The van der Waals surface area contributed by atoms with Gasteiger partial charge in [0.15, 0.2) is 5.96 Å². The zero-order valence-corrected chi connectivity index (χ0v) is 21.3. The van der Waals surface area contributed by atoms with Crippen molar-refractivity contribution in [3.63, 3.8) is 0 Å². The first-order valence-electron chi connectivity index (χ1n) is 13.6. The van der Waals surface area contributed by atoms with E-state index in [0.717, 1.165) is 43.4 Å². The number of hydrogen-bond donors (Lipinski definition) is 4. The summed E-state index contributed by atoms with van der Waals surface area (Å²) < 4.78 is 0. The van der Waals surface area contributed by atoms with E-state index in [1.807, 2.05) is 12.2 Å². The van der Waals surface area contributed by atoms with Gasteiger partial charge in [-0.25, -0.2) is 0 Å². The van der Waals surface area contributed by atoms with Crippen LogP contribution in [0, 0.1) is 39.4 Å². The predicted octanol–water partition coefficient (Wildman–Crippen LogP) is 5.14. The van der Waals surface area contributed by atoms with E-state index in [-0.39, 0.29) is 22.9 Å². The zero-order valence-electron chi connectivity index (χ0n) is 21.3. The number of guanidine groups is 1. The number of fused-ring (bicyclic) bond motifs is 5. The second kappa shape index (κ2) is 10.4. The van der Waals surface area contributed by atoms with Gasteiger partial charge in [-0.2, -0.15) is 0 Å². The molecule has 0 aromatic rings. The van der Waals surface area contributed by atoms with E-state index < -0.39 is 0 Å². The van der Waals surface area contributed by atoms with Crippen molar-refractivity contribution in [2.75, 3.05) is 13.2 Å². The fourth-order valence-electron chi connectivity index (χ4n) is 8.50. The van der Waals surface area contributed by atoms with Crippen LogP contribution in [0.4, 0.5) is 0 Å². The maximum atomic E-state index is 10.7. The monoisotopic (exact) mass is 470 g/mol. The molecule has 4 saturated carbocycles. The van der Waals surface area contributed by atoms with E-state index in [4.69, 9.17) is 16.0 Å². The standard InChI is InChI=1S/C28H46N4O2/c1-26-12-6-8-23(26)22-10-16-28(20-21(33)9-15-27(28,2)24(22)11-14-26)13-4-3-5-18-32-34-19-7-17-31-25(29)30/h3-5,13,18,21-24,33H,6-12,14-17,19-20H2,1-2H3,(H4,29,30,31)/b5-3+,13-4+,32-18+/t21-,22-,23-,24-,26-,27+,28+/m0/s1. The summed E-state index contributed by atoms with van der Waals surface area (Å²) in [6.07, 6.45) is 23.5. The summed E-state index contributed by atoms with van der Waals surface area (Å²) in [4.78, 5) is 5.24. The molecule has 190 valence electrons. The van der Waals surface area contributed by atoms with E-state index in [0.29, 0.717) is 18.6 Å². The smallest absolute Gasteiger partial charge is 0.185 e. The topological polar surface area (TPSA) is 104 Å². The lowest BCUT2D eigenvalue weighted by molar-refractivity contribution is -0.153. The van der Waals surface area contributed by atoms with Crippen molar-refractivity contribution >= 4 is 12.2 Å². The molecule has 6 heteroatoms. The Morgan fingerprint density at radius 3 is 2.76 bits per heavy atom. The first-order valence-corrected chi connectivity index (χ1v) is 13.6. The van der Waals surface area contributed by atoms with E-state index in [9.17, 15) is 5.11 Å². The van der Waals surface area contributed by atoms with Crippen LogP contribution in [0.2, 0.25) is 0 Å². The summed E-state index contributed by atoms with van der Waals surface area (Å²) >= 11 is 0. The quantitative estimate of drug-likeness (QED) is 0.130. The van der Waals surface area contributed by atoms with Crippen LogP contribution in [-0.4, -0.2) is 36.5 Å².